The van der Waals surface area contributed by atoms with Crippen LogP contribution in [0.5, 0.6) is 11.5 Å². The number of carbonyl (C=O) groups is 2. The number of rotatable bonds is 7. The Hall–Kier alpha value is -3.52. The summed E-state index contributed by atoms with van der Waals surface area (Å²) in [5, 5.41) is 2.95. The lowest BCUT2D eigenvalue weighted by Gasteiger charge is -2.16. The molecule has 2 aromatic carbocycles. The second-order valence-electron chi connectivity index (χ2n) is 6.24. The van der Waals surface area contributed by atoms with Crippen molar-refractivity contribution in [1.82, 2.24) is 9.97 Å². The Morgan fingerprint density at radius 3 is 2.40 bits per heavy atom. The first kappa shape index (κ1) is 21.2. The molecule has 9 heteroatoms. The van der Waals surface area contributed by atoms with E-state index < -0.39 is 18.0 Å². The third-order valence-electron chi connectivity index (χ3n) is 4.28. The molecule has 0 bridgehead atoms. The smallest absolute Gasteiger partial charge is 0.338 e. The highest BCUT2D eigenvalue weighted by Gasteiger charge is 2.21. The van der Waals surface area contributed by atoms with E-state index in [-0.39, 0.29) is 0 Å². The van der Waals surface area contributed by atoms with E-state index in [1.807, 2.05) is 0 Å². The highest BCUT2D eigenvalue weighted by molar-refractivity contribution is 6.32. The number of hydrogen-bond acceptors (Lipinski definition) is 6. The lowest BCUT2D eigenvalue weighted by Crippen LogP contribution is -2.30. The van der Waals surface area contributed by atoms with Gasteiger partial charge in [-0.1, -0.05) is 23.7 Å². The van der Waals surface area contributed by atoms with Gasteiger partial charge < -0.3 is 24.5 Å². The van der Waals surface area contributed by atoms with E-state index in [1.165, 1.54) is 27.2 Å². The average molecular weight is 430 g/mol. The normalized spacial score (nSPS) is 11.5. The molecule has 0 fully saturated rings. The number of H-pyrrole nitrogens is 1. The van der Waals surface area contributed by atoms with Gasteiger partial charge in [0, 0.05) is 24.0 Å². The molecule has 0 aliphatic carbocycles. The van der Waals surface area contributed by atoms with Crippen LogP contribution >= 0.6 is 11.6 Å². The van der Waals surface area contributed by atoms with Gasteiger partial charge in [0.2, 0.25) is 0 Å². The van der Waals surface area contributed by atoms with Gasteiger partial charge in [0.25, 0.3) is 5.91 Å². The molecular weight excluding hydrogens is 410 g/mol. The topological polar surface area (TPSA) is 103 Å². The molecule has 3 aromatic rings. The Balaban J connectivity index is 1.65. The molecule has 0 spiro atoms. The van der Waals surface area contributed by atoms with Crippen molar-refractivity contribution in [3.05, 3.63) is 59.4 Å². The zero-order valence-electron chi connectivity index (χ0n) is 16.6. The predicted octanol–water partition coefficient (Wildman–Crippen LogP) is 3.93. The summed E-state index contributed by atoms with van der Waals surface area (Å²) in [4.78, 5) is 32.0. The fraction of sp³-hybridized carbons (Fsp3) is 0.190. The molecular formula is C21H20ClN3O5. The summed E-state index contributed by atoms with van der Waals surface area (Å²) in [6.07, 6.45) is 2.30. The molecule has 0 saturated carbocycles. The number of nitrogens with zero attached hydrogens (tertiary/aromatic N) is 1. The number of hydrogen-bond donors (Lipinski definition) is 2. The summed E-state index contributed by atoms with van der Waals surface area (Å²) in [6.45, 7) is 1.47. The third kappa shape index (κ3) is 4.72. The Morgan fingerprint density at radius 2 is 1.80 bits per heavy atom. The minimum Gasteiger partial charge on any atom is -0.495 e. The van der Waals surface area contributed by atoms with E-state index in [9.17, 15) is 9.59 Å². The van der Waals surface area contributed by atoms with Crippen LogP contribution in [0.2, 0.25) is 5.02 Å². The Morgan fingerprint density at radius 1 is 1.10 bits per heavy atom. The van der Waals surface area contributed by atoms with Gasteiger partial charge in [-0.25, -0.2) is 9.78 Å². The highest BCUT2D eigenvalue weighted by atomic mass is 35.5. The lowest BCUT2D eigenvalue weighted by atomic mass is 10.1. The third-order valence-corrected chi connectivity index (χ3v) is 4.57. The number of aromatic amines is 1. The number of anilines is 1. The Kier molecular flexibility index (Phi) is 6.58. The average Bonchev–Trinajstić information content (AvgIpc) is 3.29. The van der Waals surface area contributed by atoms with Gasteiger partial charge in [-0.3, -0.25) is 4.79 Å². The number of aromatic nitrogens is 2. The number of benzene rings is 2. The van der Waals surface area contributed by atoms with E-state index >= 15 is 0 Å². The molecule has 0 aliphatic rings. The molecule has 156 valence electrons. The minimum absolute atomic E-state index is 0.301. The van der Waals surface area contributed by atoms with Gasteiger partial charge in [-0.2, -0.15) is 0 Å². The van der Waals surface area contributed by atoms with Crippen LogP contribution in [0.4, 0.5) is 5.69 Å². The van der Waals surface area contributed by atoms with Crippen molar-refractivity contribution >= 4 is 29.2 Å². The number of methoxy groups -OCH3 is 2. The maximum Gasteiger partial charge on any atom is 0.338 e. The first-order valence-electron chi connectivity index (χ1n) is 8.96. The zero-order valence-corrected chi connectivity index (χ0v) is 17.3. The van der Waals surface area contributed by atoms with Crippen molar-refractivity contribution in [2.45, 2.75) is 13.0 Å². The number of nitrogens with one attached hydrogen (secondary N) is 2. The van der Waals surface area contributed by atoms with Crippen LogP contribution in [0.25, 0.3) is 11.4 Å². The minimum atomic E-state index is -1.05. The number of halogens is 1. The van der Waals surface area contributed by atoms with Crippen LogP contribution in [-0.2, 0) is 9.53 Å². The molecule has 1 atom stereocenters. The van der Waals surface area contributed by atoms with Crippen molar-refractivity contribution in [1.29, 1.82) is 0 Å². The molecule has 3 rings (SSSR count). The number of carbonyl (C=O) groups excluding carboxylic acids is 2. The monoisotopic (exact) mass is 429 g/mol. The van der Waals surface area contributed by atoms with Gasteiger partial charge in [0.05, 0.1) is 30.5 Å². The SMILES string of the molecule is COc1cc(OC)c(NC(=O)C(C)OC(=O)c2ccc(-c3ncc[nH]3)cc2)cc1Cl. The zero-order chi connectivity index (χ0) is 21.7. The van der Waals surface area contributed by atoms with Gasteiger partial charge in [0.1, 0.15) is 17.3 Å². The Labute approximate surface area is 178 Å². The molecule has 30 heavy (non-hydrogen) atoms. The van der Waals surface area contributed by atoms with Crippen LogP contribution in [-0.4, -0.2) is 42.2 Å². The first-order valence-corrected chi connectivity index (χ1v) is 9.34. The van der Waals surface area contributed by atoms with Gasteiger partial charge >= 0.3 is 5.97 Å². The summed E-state index contributed by atoms with van der Waals surface area (Å²) in [5.41, 5.74) is 1.47. The van der Waals surface area contributed by atoms with E-state index in [2.05, 4.69) is 15.3 Å². The molecule has 2 N–H and O–H groups in total. The molecule has 1 heterocycles. The lowest BCUT2D eigenvalue weighted by molar-refractivity contribution is -0.123. The number of amides is 1. The molecule has 1 amide bonds. The fourth-order valence-electron chi connectivity index (χ4n) is 2.66. The van der Waals surface area contributed by atoms with Crippen LogP contribution in [0, 0.1) is 0 Å². The van der Waals surface area contributed by atoms with Crippen molar-refractivity contribution < 1.29 is 23.8 Å². The fourth-order valence-corrected chi connectivity index (χ4v) is 2.90. The van der Waals surface area contributed by atoms with Crippen molar-refractivity contribution in [3.8, 4) is 22.9 Å². The summed E-state index contributed by atoms with van der Waals surface area (Å²) >= 11 is 6.11. The highest BCUT2D eigenvalue weighted by Crippen LogP contribution is 2.36. The quantitative estimate of drug-likeness (QED) is 0.551. The van der Waals surface area contributed by atoms with Gasteiger partial charge in [0.15, 0.2) is 6.10 Å². The van der Waals surface area contributed by atoms with Crippen molar-refractivity contribution in [3.63, 3.8) is 0 Å². The maximum absolute atomic E-state index is 12.5. The predicted molar refractivity (Wildman–Crippen MR) is 112 cm³/mol. The standard InChI is InChI=1S/C21H20ClN3O5/c1-12(20(26)25-16-10-15(22)17(28-2)11-18(16)29-3)30-21(27)14-6-4-13(5-7-14)19-23-8-9-24-19/h4-12H,1-3H3,(H,23,24)(H,25,26). The molecule has 1 unspecified atom stereocenters. The maximum atomic E-state index is 12.5. The molecule has 8 nitrogen and oxygen atoms in total. The number of ether oxygens (including phenoxy) is 3. The van der Waals surface area contributed by atoms with Gasteiger partial charge in [-0.15, -0.1) is 0 Å². The summed E-state index contributed by atoms with van der Waals surface area (Å²) < 4.78 is 15.7. The van der Waals surface area contributed by atoms with Crippen LogP contribution in [0.3, 0.4) is 0 Å². The number of imidazole rings is 1. The first-order chi connectivity index (χ1) is 14.4. The Bertz CT molecular complexity index is 1040. The molecule has 1 aromatic heterocycles. The van der Waals surface area contributed by atoms with Crippen LogP contribution in [0.1, 0.15) is 17.3 Å². The van der Waals surface area contributed by atoms with Crippen molar-refractivity contribution in [2.24, 2.45) is 0 Å². The largest absolute Gasteiger partial charge is 0.495 e. The second-order valence-corrected chi connectivity index (χ2v) is 6.65. The molecule has 0 aliphatic heterocycles. The number of esters is 1. The van der Waals surface area contributed by atoms with Crippen LogP contribution in [0.15, 0.2) is 48.8 Å². The second kappa shape index (κ2) is 9.32. The van der Waals surface area contributed by atoms with Crippen molar-refractivity contribution in [2.75, 3.05) is 19.5 Å². The van der Waals surface area contributed by atoms with E-state index in [0.29, 0.717) is 33.6 Å². The van der Waals surface area contributed by atoms with E-state index in [4.69, 9.17) is 25.8 Å². The van der Waals surface area contributed by atoms with Crippen LogP contribution < -0.4 is 14.8 Å². The summed E-state index contributed by atoms with van der Waals surface area (Å²) in [6, 6.07) is 9.75. The molecule has 0 saturated heterocycles. The summed E-state index contributed by atoms with van der Waals surface area (Å²) in [7, 11) is 2.93. The molecule has 0 radical (unpaired) electrons. The van der Waals surface area contributed by atoms with E-state index in [1.54, 1.807) is 42.7 Å². The van der Waals surface area contributed by atoms with Gasteiger partial charge in [-0.05, 0) is 25.1 Å². The van der Waals surface area contributed by atoms with E-state index in [0.717, 1.165) is 5.56 Å². The summed E-state index contributed by atoms with van der Waals surface area (Å²) in [5.74, 6) is 0.300.